The topological polar surface area (TPSA) is 0 Å². The van der Waals surface area contributed by atoms with Gasteiger partial charge in [-0.3, -0.25) is 0 Å². The molecule has 4 aromatic rings. The van der Waals surface area contributed by atoms with Gasteiger partial charge in [0.15, 0.2) is 0 Å². The van der Waals surface area contributed by atoms with E-state index < -0.39 is 0 Å². The second-order valence-electron chi connectivity index (χ2n) is 14.5. The maximum absolute atomic E-state index is 2.59. The van der Waals surface area contributed by atoms with E-state index in [1.807, 2.05) is 0 Å². The number of benzene rings is 4. The Balaban J connectivity index is 0.00000264. The molecular formula is C41H49Cl2Zr. The molecule has 5 rings (SSSR count). The number of rotatable bonds is 8. The minimum Gasteiger partial charge on any atom is -1.00 e. The average molecular weight is 704 g/mol. The van der Waals surface area contributed by atoms with Crippen LogP contribution < -0.4 is 28.1 Å². The second-order valence-corrected chi connectivity index (χ2v) is 15.7. The third kappa shape index (κ3) is 7.32. The maximum atomic E-state index is 2.59. The monoisotopic (exact) mass is 701 g/mol. The van der Waals surface area contributed by atoms with Gasteiger partial charge in [-0.25, -0.2) is 0 Å². The predicted molar refractivity (Wildman–Crippen MR) is 180 cm³/mol. The first-order valence-corrected chi connectivity index (χ1v) is 17.4. The van der Waals surface area contributed by atoms with Gasteiger partial charge in [0.05, 0.1) is 0 Å². The van der Waals surface area contributed by atoms with Crippen molar-refractivity contribution in [1.82, 2.24) is 0 Å². The van der Waals surface area contributed by atoms with Gasteiger partial charge in [-0.2, -0.15) is 0 Å². The SMILES string of the molecule is CCCCc1ccccc1-c1cc2c(cc1C(C)(C)C)-c1cc(C(C)(C)C)c(-c3ccccc3CCCC)[c]([Zr+2])c1C2.[Cl-].[Cl-]. The summed E-state index contributed by atoms with van der Waals surface area (Å²) in [6.07, 6.45) is 8.26. The van der Waals surface area contributed by atoms with E-state index in [0.29, 0.717) is 0 Å². The number of hydrogen-bond donors (Lipinski definition) is 0. The van der Waals surface area contributed by atoms with E-state index in [-0.39, 0.29) is 35.6 Å². The van der Waals surface area contributed by atoms with E-state index in [9.17, 15) is 0 Å². The first-order chi connectivity index (χ1) is 20.0. The zero-order valence-corrected chi connectivity index (χ0v) is 32.0. The molecule has 0 heterocycles. The van der Waals surface area contributed by atoms with Gasteiger partial charge in [0.2, 0.25) is 0 Å². The van der Waals surface area contributed by atoms with Gasteiger partial charge in [0.1, 0.15) is 0 Å². The summed E-state index contributed by atoms with van der Waals surface area (Å²) in [6.45, 7) is 18.9. The molecule has 0 amide bonds. The van der Waals surface area contributed by atoms with Gasteiger partial charge < -0.3 is 24.8 Å². The molecule has 0 saturated carbocycles. The number of hydrogen-bond acceptors (Lipinski definition) is 0. The minimum absolute atomic E-state index is 0. The molecule has 3 heteroatoms. The summed E-state index contributed by atoms with van der Waals surface area (Å²) in [5.74, 6) is 0. The summed E-state index contributed by atoms with van der Waals surface area (Å²) < 4.78 is 1.56. The first-order valence-electron chi connectivity index (χ1n) is 16.2. The van der Waals surface area contributed by atoms with Crippen molar-refractivity contribution in [1.29, 1.82) is 0 Å². The first kappa shape index (κ1) is 36.8. The van der Waals surface area contributed by atoms with Crippen LogP contribution in [-0.2, 0) is 54.8 Å². The van der Waals surface area contributed by atoms with Gasteiger partial charge >= 0.3 is 273 Å². The van der Waals surface area contributed by atoms with Crippen LogP contribution in [0.25, 0.3) is 33.4 Å². The summed E-state index contributed by atoms with van der Waals surface area (Å²) in [5.41, 5.74) is 17.9. The molecule has 1 aliphatic carbocycles. The smallest absolute Gasteiger partial charge is 1.00 e. The number of halogens is 2. The Bertz CT molecular complexity index is 1600. The van der Waals surface area contributed by atoms with Crippen LogP contribution in [0, 0.1) is 0 Å². The summed E-state index contributed by atoms with van der Waals surface area (Å²) in [4.78, 5) is 0. The molecule has 0 nitrogen and oxygen atoms in total. The molecule has 1 aliphatic rings. The molecule has 0 fully saturated rings. The van der Waals surface area contributed by atoms with Crippen molar-refractivity contribution in [2.45, 2.75) is 111 Å². The molecule has 0 saturated heterocycles. The van der Waals surface area contributed by atoms with E-state index in [0.717, 1.165) is 19.3 Å². The molecule has 0 atom stereocenters. The Morgan fingerprint density at radius 3 is 1.64 bits per heavy atom. The Hall–Kier alpha value is -1.66. The fourth-order valence-corrected chi connectivity index (χ4v) is 8.02. The zero-order valence-electron chi connectivity index (χ0n) is 28.1. The van der Waals surface area contributed by atoms with Gasteiger partial charge in [-0.05, 0) is 0 Å². The van der Waals surface area contributed by atoms with Gasteiger partial charge in [-0.15, -0.1) is 0 Å². The standard InChI is InChI=1S/C41H49.2ClH.Zr/c1-9-11-17-28-19-13-15-21-32(28)36-24-30-23-31-25-37(33-22-16-14-20-29(33)18-12-10-2)39(41(6,7)8)27-35(31)34(30)26-38(36)40(3,4)5;;;/h13-16,19-22,24,26-27H,9-12,17-18,23H2,1-8H3;2*1H;/q;;;+2/p-2. The van der Waals surface area contributed by atoms with Crippen molar-refractivity contribution in [3.05, 3.63) is 100 Å². The molecule has 0 spiro atoms. The van der Waals surface area contributed by atoms with Crippen molar-refractivity contribution in [2.75, 3.05) is 0 Å². The number of aryl methyl sites for hydroxylation is 2. The molecule has 231 valence electrons. The molecule has 4 aromatic carbocycles. The minimum atomic E-state index is 0. The van der Waals surface area contributed by atoms with Crippen molar-refractivity contribution < 1.29 is 49.5 Å². The van der Waals surface area contributed by atoms with E-state index in [1.165, 1.54) is 112 Å². The quantitative estimate of drug-likeness (QED) is 0.212. The maximum Gasteiger partial charge on any atom is -1.00 e. The molecular weight excluding hydrogens is 655 g/mol. The Morgan fingerprint density at radius 1 is 0.591 bits per heavy atom. The van der Waals surface area contributed by atoms with Crippen LogP contribution in [0.15, 0.2) is 66.7 Å². The zero-order chi connectivity index (χ0) is 30.2. The van der Waals surface area contributed by atoms with Crippen LogP contribution in [0.1, 0.15) is 114 Å². The van der Waals surface area contributed by atoms with Crippen molar-refractivity contribution in [3.8, 4) is 33.4 Å². The summed E-state index contributed by atoms with van der Waals surface area (Å²) >= 11 is 1.52. The van der Waals surface area contributed by atoms with E-state index >= 15 is 0 Å². The van der Waals surface area contributed by atoms with E-state index in [4.69, 9.17) is 0 Å². The fourth-order valence-electron chi connectivity index (χ4n) is 6.81. The fraction of sp³-hybridized carbons (Fsp3) is 0.415. The third-order valence-electron chi connectivity index (χ3n) is 9.15. The van der Waals surface area contributed by atoms with E-state index in [2.05, 4.69) is 122 Å². The Kier molecular flexibility index (Phi) is 12.4. The third-order valence-corrected chi connectivity index (χ3v) is 10.5. The molecule has 0 aromatic heterocycles. The van der Waals surface area contributed by atoms with Crippen LogP contribution in [0.4, 0.5) is 0 Å². The number of fused-ring (bicyclic) bond motifs is 3. The summed E-state index contributed by atoms with van der Waals surface area (Å²) in [7, 11) is 0. The Morgan fingerprint density at radius 2 is 1.09 bits per heavy atom. The largest absolute Gasteiger partial charge is 1.00 e. The van der Waals surface area contributed by atoms with Gasteiger partial charge in [0.25, 0.3) is 0 Å². The van der Waals surface area contributed by atoms with Crippen LogP contribution in [0.5, 0.6) is 0 Å². The molecule has 0 aliphatic heterocycles. The van der Waals surface area contributed by atoms with Crippen molar-refractivity contribution in [3.63, 3.8) is 0 Å². The van der Waals surface area contributed by atoms with Crippen molar-refractivity contribution >= 4 is 3.27 Å². The second kappa shape index (κ2) is 14.8. The van der Waals surface area contributed by atoms with Crippen LogP contribution >= 0.6 is 0 Å². The molecule has 0 unspecified atom stereocenters. The molecule has 0 radical (unpaired) electrons. The molecule has 0 bridgehead atoms. The van der Waals surface area contributed by atoms with Gasteiger partial charge in [-0.1, -0.05) is 0 Å². The van der Waals surface area contributed by atoms with Crippen LogP contribution in [0.2, 0.25) is 0 Å². The summed E-state index contributed by atoms with van der Waals surface area (Å²) in [6, 6.07) is 26.1. The normalized spacial score (nSPS) is 12.3. The Labute approximate surface area is 295 Å². The van der Waals surface area contributed by atoms with Crippen molar-refractivity contribution in [2.24, 2.45) is 0 Å². The molecule has 44 heavy (non-hydrogen) atoms. The molecule has 0 N–H and O–H groups in total. The van der Waals surface area contributed by atoms with Gasteiger partial charge in [0, 0.05) is 0 Å². The summed E-state index contributed by atoms with van der Waals surface area (Å²) in [5, 5.41) is 0. The van der Waals surface area contributed by atoms with E-state index in [1.54, 1.807) is 8.83 Å². The number of unbranched alkanes of at least 4 members (excludes halogenated alkanes) is 2. The average Bonchev–Trinajstić information content (AvgIpc) is 3.32. The predicted octanol–water partition coefficient (Wildman–Crippen LogP) is 5.05. The van der Waals surface area contributed by atoms with Crippen LogP contribution in [0.3, 0.4) is 0 Å². The van der Waals surface area contributed by atoms with Crippen LogP contribution in [-0.4, -0.2) is 0 Å².